The summed E-state index contributed by atoms with van der Waals surface area (Å²) in [5.41, 5.74) is 14.6. The Balaban J connectivity index is 1.14. The number of hydrogen-bond acceptors (Lipinski definition) is 2. The Hall–Kier alpha value is -7.40. The molecule has 0 saturated carbocycles. The summed E-state index contributed by atoms with van der Waals surface area (Å²) in [6, 6.07) is 73.6. The summed E-state index contributed by atoms with van der Waals surface area (Å²) >= 11 is 0. The monoisotopic (exact) mass is 794 g/mol. The number of anilines is 3. The average Bonchev–Trinajstić information content (AvgIpc) is 3.82. The van der Waals surface area contributed by atoms with E-state index in [9.17, 15) is 0 Å². The molecule has 9 aromatic carbocycles. The fraction of sp³-hybridized carbons (Fsp3) is 0.0526. The first-order chi connectivity index (χ1) is 30.1. The molecule has 0 unspecified atom stereocenters. The number of aryl methyl sites for hydroxylation is 2. The van der Waals surface area contributed by atoms with Gasteiger partial charge in [0.2, 0.25) is 0 Å². The fourth-order valence-electron chi connectivity index (χ4n) is 12.1. The Labute approximate surface area is 354 Å². The zero-order valence-electron chi connectivity index (χ0n) is 33.8. The van der Waals surface area contributed by atoms with Gasteiger partial charge in [-0.25, -0.2) is 0 Å². The first-order valence-electron chi connectivity index (χ1n) is 21.3. The van der Waals surface area contributed by atoms with Crippen LogP contribution in [0.3, 0.4) is 0 Å². The zero-order valence-corrected chi connectivity index (χ0v) is 34.8. The molecular formula is C57H38N2OSi. The molecule has 3 nitrogen and oxygen atoms in total. The highest BCUT2D eigenvalue weighted by Gasteiger charge is 2.60. The number of nitrogens with zero attached hydrogens (tertiary/aromatic N) is 2. The highest BCUT2D eigenvalue weighted by molar-refractivity contribution is 7.21. The van der Waals surface area contributed by atoms with Crippen LogP contribution in [0.2, 0.25) is 0 Å². The van der Waals surface area contributed by atoms with Crippen molar-refractivity contribution >= 4 is 84.0 Å². The summed E-state index contributed by atoms with van der Waals surface area (Å²) in [5.74, 6) is 1.92. The smallest absolute Gasteiger partial charge is 0.188 e. The zero-order chi connectivity index (χ0) is 40.2. The average molecular weight is 795 g/mol. The molecule has 0 radical (unpaired) electrons. The molecule has 2 aromatic heterocycles. The number of rotatable bonds is 1. The van der Waals surface area contributed by atoms with Crippen molar-refractivity contribution in [2.24, 2.45) is 0 Å². The normalized spacial score (nSPS) is 15.1. The molecule has 0 aliphatic carbocycles. The lowest BCUT2D eigenvalue weighted by Gasteiger charge is -2.54. The Morgan fingerprint density at radius 2 is 0.852 bits per heavy atom. The van der Waals surface area contributed by atoms with E-state index in [2.05, 4.69) is 217 Å². The Morgan fingerprint density at radius 1 is 0.410 bits per heavy atom. The molecule has 0 amide bonds. The van der Waals surface area contributed by atoms with Crippen molar-refractivity contribution in [3.63, 3.8) is 0 Å². The number of ether oxygens (including phenoxy) is 1. The maximum atomic E-state index is 6.80. The van der Waals surface area contributed by atoms with Crippen LogP contribution >= 0.6 is 0 Å². The van der Waals surface area contributed by atoms with Gasteiger partial charge < -0.3 is 14.0 Å². The molecule has 14 rings (SSSR count). The van der Waals surface area contributed by atoms with Crippen LogP contribution < -0.4 is 30.4 Å². The van der Waals surface area contributed by atoms with Gasteiger partial charge in [0, 0.05) is 27.2 Å². The maximum Gasteiger partial charge on any atom is 0.188 e. The van der Waals surface area contributed by atoms with Gasteiger partial charge in [-0.2, -0.15) is 0 Å². The van der Waals surface area contributed by atoms with Crippen molar-refractivity contribution in [1.82, 2.24) is 4.40 Å². The third kappa shape index (κ3) is 3.95. The SMILES string of the molecule is Cc1ccc2c(c1)C1(c3cc(C)ccc3N2c2cc3c4ccccc4n4c5ccccc5c(c2)c34)c2ccccc2[Si]2(c3ccccc3Oc3ccccc32)c2ccccc21. The maximum absolute atomic E-state index is 6.80. The van der Waals surface area contributed by atoms with Gasteiger partial charge in [0.05, 0.1) is 33.3 Å². The number of fused-ring (bicyclic) bond motifs is 20. The standard InChI is InChI=1S/C57H38N2OSi/c1-35-27-29-48-44(31-35)57(42-17-5-11-23-52(42)61(53-24-12-6-18-43(53)57)54-25-13-9-21-50(54)60-51-22-10-14-26-55(51)61)45-32-36(2)28-30-49(45)58(48)37-33-40-38-15-3-7-19-46(38)59-47-20-8-4-16-39(47)41(34-37)56(40)59/h3-34H,1-2H3. The van der Waals surface area contributed by atoms with Crippen LogP contribution in [-0.2, 0) is 5.41 Å². The Bertz CT molecular complexity index is 3460. The summed E-state index contributed by atoms with van der Waals surface area (Å²) in [7, 11) is -2.94. The Kier molecular flexibility index (Phi) is 6.39. The van der Waals surface area contributed by atoms with Gasteiger partial charge in [-0.1, -0.05) is 157 Å². The highest BCUT2D eigenvalue weighted by atomic mass is 28.3. The number of para-hydroxylation sites is 4. The summed E-state index contributed by atoms with van der Waals surface area (Å²) < 4.78 is 9.27. The van der Waals surface area contributed by atoms with E-state index in [4.69, 9.17) is 4.74 Å². The second kappa shape index (κ2) is 11.7. The van der Waals surface area contributed by atoms with Crippen molar-refractivity contribution in [2.75, 3.05) is 4.90 Å². The lowest BCUT2D eigenvalue weighted by Crippen LogP contribution is -2.80. The molecule has 5 heterocycles. The molecule has 0 N–H and O–H groups in total. The Morgan fingerprint density at radius 3 is 1.38 bits per heavy atom. The van der Waals surface area contributed by atoms with Crippen LogP contribution in [-0.4, -0.2) is 12.5 Å². The van der Waals surface area contributed by atoms with Crippen molar-refractivity contribution in [3.8, 4) is 11.5 Å². The van der Waals surface area contributed by atoms with Crippen LogP contribution in [0.15, 0.2) is 194 Å². The predicted molar refractivity (Wildman–Crippen MR) is 254 cm³/mol. The molecule has 3 aliphatic rings. The molecular weight excluding hydrogens is 757 g/mol. The minimum absolute atomic E-state index is 0.615. The summed E-state index contributed by atoms with van der Waals surface area (Å²) in [4.78, 5) is 2.57. The third-order valence-corrected chi connectivity index (χ3v) is 19.2. The fourth-order valence-corrected chi connectivity index (χ4v) is 17.6. The molecule has 3 aliphatic heterocycles. The van der Waals surface area contributed by atoms with Crippen LogP contribution in [0.4, 0.5) is 17.1 Å². The van der Waals surface area contributed by atoms with Crippen LogP contribution in [0, 0.1) is 13.8 Å². The summed E-state index contributed by atoms with van der Waals surface area (Å²) in [5, 5.41) is 10.6. The highest BCUT2D eigenvalue weighted by Crippen LogP contribution is 2.59. The van der Waals surface area contributed by atoms with Crippen molar-refractivity contribution < 1.29 is 4.74 Å². The van der Waals surface area contributed by atoms with Crippen LogP contribution in [0.25, 0.3) is 38.1 Å². The topological polar surface area (TPSA) is 16.9 Å². The summed E-state index contributed by atoms with van der Waals surface area (Å²) in [6.07, 6.45) is 0. The van der Waals surface area contributed by atoms with E-state index in [1.807, 2.05) is 0 Å². The van der Waals surface area contributed by atoms with E-state index in [1.54, 1.807) is 0 Å². The van der Waals surface area contributed by atoms with E-state index in [0.717, 1.165) is 11.5 Å². The number of aromatic nitrogens is 1. The van der Waals surface area contributed by atoms with Gasteiger partial charge in [-0.3, -0.25) is 0 Å². The van der Waals surface area contributed by atoms with Gasteiger partial charge in [-0.15, -0.1) is 0 Å². The van der Waals surface area contributed by atoms with Crippen molar-refractivity contribution in [1.29, 1.82) is 0 Å². The first-order valence-corrected chi connectivity index (χ1v) is 23.3. The molecule has 0 bridgehead atoms. The minimum Gasteiger partial charge on any atom is -0.458 e. The van der Waals surface area contributed by atoms with E-state index < -0.39 is 13.5 Å². The first kappa shape index (κ1) is 33.4. The molecule has 0 fully saturated rings. The minimum atomic E-state index is -2.94. The van der Waals surface area contributed by atoms with Gasteiger partial charge in [0.15, 0.2) is 8.07 Å². The van der Waals surface area contributed by atoms with E-state index in [-0.39, 0.29) is 0 Å². The molecule has 2 spiro atoms. The lowest BCUT2D eigenvalue weighted by molar-refractivity contribution is 0.487. The molecule has 4 heteroatoms. The molecule has 0 saturated heterocycles. The van der Waals surface area contributed by atoms with E-state index >= 15 is 0 Å². The lowest BCUT2D eigenvalue weighted by atomic mass is 9.61. The molecule has 286 valence electrons. The van der Waals surface area contributed by atoms with E-state index in [1.165, 1.54) is 109 Å². The predicted octanol–water partition coefficient (Wildman–Crippen LogP) is 11.4. The largest absolute Gasteiger partial charge is 0.458 e. The molecule has 0 atom stereocenters. The van der Waals surface area contributed by atoms with Gasteiger partial charge in [-0.05, 0) is 105 Å². The molecule has 61 heavy (non-hydrogen) atoms. The third-order valence-electron chi connectivity index (χ3n) is 14.3. The van der Waals surface area contributed by atoms with Crippen LogP contribution in [0.5, 0.6) is 11.5 Å². The summed E-state index contributed by atoms with van der Waals surface area (Å²) in [6.45, 7) is 4.51. The van der Waals surface area contributed by atoms with E-state index in [0.29, 0.717) is 0 Å². The second-order valence-corrected chi connectivity index (χ2v) is 21.0. The van der Waals surface area contributed by atoms with Crippen LogP contribution in [0.1, 0.15) is 33.4 Å². The number of hydrogen-bond donors (Lipinski definition) is 0. The quantitative estimate of drug-likeness (QED) is 0.154. The van der Waals surface area contributed by atoms with Gasteiger partial charge in [0.25, 0.3) is 0 Å². The van der Waals surface area contributed by atoms with Crippen molar-refractivity contribution in [3.05, 3.63) is 228 Å². The number of benzene rings is 9. The second-order valence-electron chi connectivity index (χ2n) is 17.3. The van der Waals surface area contributed by atoms with Gasteiger partial charge in [0.1, 0.15) is 11.5 Å². The van der Waals surface area contributed by atoms with Gasteiger partial charge >= 0.3 is 0 Å². The van der Waals surface area contributed by atoms with Crippen molar-refractivity contribution in [2.45, 2.75) is 19.3 Å². The molecule has 11 aromatic rings.